The summed E-state index contributed by atoms with van der Waals surface area (Å²) in [5.74, 6) is 0.660. The number of hydrogen-bond acceptors (Lipinski definition) is 6. The van der Waals surface area contributed by atoms with Crippen LogP contribution in [-0.4, -0.2) is 18.6 Å². The van der Waals surface area contributed by atoms with Crippen molar-refractivity contribution in [2.24, 2.45) is 0 Å². The molecule has 18 heavy (non-hydrogen) atoms. The molecule has 3 N–H and O–H groups in total. The van der Waals surface area contributed by atoms with E-state index >= 15 is 0 Å². The lowest BCUT2D eigenvalue weighted by Gasteiger charge is -2.04. The van der Waals surface area contributed by atoms with E-state index < -0.39 is 10.0 Å². The van der Waals surface area contributed by atoms with Gasteiger partial charge in [-0.05, 0) is 25.1 Å². The molecule has 0 saturated carbocycles. The monoisotopic (exact) mass is 268 g/mol. The molecule has 0 spiro atoms. The molecule has 8 heteroatoms. The third-order valence-electron chi connectivity index (χ3n) is 2.15. The maximum absolute atomic E-state index is 11.9. The molecule has 1 heterocycles. The van der Waals surface area contributed by atoms with Gasteiger partial charge >= 0.3 is 0 Å². The third-order valence-corrected chi connectivity index (χ3v) is 3.55. The van der Waals surface area contributed by atoms with Crippen LogP contribution in [0.4, 0.5) is 5.69 Å². The molecule has 96 valence electrons. The summed E-state index contributed by atoms with van der Waals surface area (Å²) in [6.45, 7) is 1.59. The van der Waals surface area contributed by atoms with Crippen LogP contribution in [0.15, 0.2) is 33.7 Å². The van der Waals surface area contributed by atoms with Gasteiger partial charge in [0.2, 0.25) is 15.9 Å². The fourth-order valence-electron chi connectivity index (χ4n) is 1.33. The van der Waals surface area contributed by atoms with Gasteiger partial charge in [0.1, 0.15) is 0 Å². The average Bonchev–Trinajstić information content (AvgIpc) is 2.73. The number of nitrogens with zero attached hydrogens (tertiary/aromatic N) is 2. The van der Waals surface area contributed by atoms with Crippen LogP contribution in [0, 0.1) is 6.92 Å². The smallest absolute Gasteiger partial charge is 0.241 e. The Morgan fingerprint density at radius 1 is 1.44 bits per heavy atom. The summed E-state index contributed by atoms with van der Waals surface area (Å²) < 4.78 is 31.0. The van der Waals surface area contributed by atoms with Crippen LogP contribution in [0.1, 0.15) is 11.7 Å². The summed E-state index contributed by atoms with van der Waals surface area (Å²) in [5, 5.41) is 3.56. The van der Waals surface area contributed by atoms with E-state index in [1.54, 1.807) is 19.1 Å². The van der Waals surface area contributed by atoms with Gasteiger partial charge in [-0.2, -0.15) is 4.98 Å². The molecule has 0 atom stereocenters. The second-order valence-electron chi connectivity index (χ2n) is 3.63. The van der Waals surface area contributed by atoms with Crippen LogP contribution in [0.25, 0.3) is 0 Å². The van der Waals surface area contributed by atoms with Crippen molar-refractivity contribution in [3.8, 4) is 0 Å². The minimum atomic E-state index is -3.63. The lowest BCUT2D eigenvalue weighted by Crippen LogP contribution is -2.23. The second kappa shape index (κ2) is 4.75. The fraction of sp³-hybridized carbons (Fsp3) is 0.200. The summed E-state index contributed by atoms with van der Waals surface area (Å²) in [7, 11) is -3.63. The number of sulfonamides is 1. The second-order valence-corrected chi connectivity index (χ2v) is 5.40. The van der Waals surface area contributed by atoms with Gasteiger partial charge in [-0.1, -0.05) is 11.2 Å². The van der Waals surface area contributed by atoms with Crippen molar-refractivity contribution >= 4 is 15.7 Å². The number of hydrogen-bond donors (Lipinski definition) is 2. The molecule has 0 amide bonds. The van der Waals surface area contributed by atoms with Crippen LogP contribution in [-0.2, 0) is 16.6 Å². The Labute approximate surface area is 104 Å². The zero-order valence-corrected chi connectivity index (χ0v) is 10.4. The van der Waals surface area contributed by atoms with Crippen LogP contribution in [0.5, 0.6) is 0 Å². The Morgan fingerprint density at radius 3 is 2.83 bits per heavy atom. The first-order chi connectivity index (χ1) is 8.47. The average molecular weight is 268 g/mol. The predicted octanol–water partition coefficient (Wildman–Crippen LogP) is 0.439. The molecule has 0 fully saturated rings. The summed E-state index contributed by atoms with van der Waals surface area (Å²) in [6, 6.07) is 6.01. The van der Waals surface area contributed by atoms with E-state index in [4.69, 9.17) is 10.3 Å². The van der Waals surface area contributed by atoms with Crippen LogP contribution < -0.4 is 10.5 Å². The third kappa shape index (κ3) is 2.84. The Morgan fingerprint density at radius 2 is 2.22 bits per heavy atom. The van der Waals surface area contributed by atoms with Crippen LogP contribution in [0.3, 0.4) is 0 Å². The largest absolute Gasteiger partial charge is 0.399 e. The van der Waals surface area contributed by atoms with Gasteiger partial charge in [0, 0.05) is 5.69 Å². The number of nitrogens with two attached hydrogens (primary N) is 1. The quantitative estimate of drug-likeness (QED) is 0.778. The summed E-state index contributed by atoms with van der Waals surface area (Å²) in [4.78, 5) is 3.99. The van der Waals surface area contributed by atoms with Crippen molar-refractivity contribution in [1.82, 2.24) is 14.9 Å². The number of nitrogen functional groups attached to an aromatic ring is 1. The molecule has 1 aromatic heterocycles. The molecule has 2 aromatic rings. The predicted molar refractivity (Wildman–Crippen MR) is 63.9 cm³/mol. The number of benzene rings is 1. The highest BCUT2D eigenvalue weighted by molar-refractivity contribution is 7.89. The lowest BCUT2D eigenvalue weighted by molar-refractivity contribution is 0.372. The molecular formula is C10H12N4O3S. The molecule has 0 aliphatic heterocycles. The van der Waals surface area contributed by atoms with Crippen molar-refractivity contribution < 1.29 is 12.9 Å². The standard InChI is InChI=1S/C10H12N4O3S/c1-7-13-10(17-14-7)6-12-18(15,16)9-4-2-3-8(11)5-9/h2-5,12H,6,11H2,1H3. The molecule has 0 aliphatic carbocycles. The Hall–Kier alpha value is -1.93. The Kier molecular flexibility index (Phi) is 3.30. The van der Waals surface area contributed by atoms with E-state index in [0.717, 1.165) is 0 Å². The van der Waals surface area contributed by atoms with E-state index in [1.165, 1.54) is 12.1 Å². The minimum absolute atomic E-state index is 0.0576. The molecule has 1 aromatic carbocycles. The van der Waals surface area contributed by atoms with E-state index in [-0.39, 0.29) is 17.3 Å². The molecule has 0 radical (unpaired) electrons. The minimum Gasteiger partial charge on any atom is -0.399 e. The number of aryl methyl sites for hydroxylation is 1. The van der Waals surface area contributed by atoms with Crippen molar-refractivity contribution in [2.45, 2.75) is 18.4 Å². The number of aromatic nitrogens is 2. The van der Waals surface area contributed by atoms with E-state index in [2.05, 4.69) is 14.9 Å². The van der Waals surface area contributed by atoms with Gasteiger partial charge < -0.3 is 10.3 Å². The highest BCUT2D eigenvalue weighted by Crippen LogP contribution is 2.12. The van der Waals surface area contributed by atoms with Gasteiger partial charge in [0.25, 0.3) is 0 Å². The molecule has 2 rings (SSSR count). The van der Waals surface area contributed by atoms with E-state index in [9.17, 15) is 8.42 Å². The van der Waals surface area contributed by atoms with Crippen molar-refractivity contribution in [3.63, 3.8) is 0 Å². The van der Waals surface area contributed by atoms with Gasteiger partial charge in [0.05, 0.1) is 11.4 Å². The Bertz CT molecular complexity index is 651. The van der Waals surface area contributed by atoms with E-state index in [0.29, 0.717) is 11.5 Å². The molecule has 7 nitrogen and oxygen atoms in total. The van der Waals surface area contributed by atoms with Crippen molar-refractivity contribution in [3.05, 3.63) is 36.0 Å². The van der Waals surface area contributed by atoms with Gasteiger partial charge in [-0.3, -0.25) is 0 Å². The molecule has 0 saturated heterocycles. The zero-order valence-electron chi connectivity index (χ0n) is 9.62. The van der Waals surface area contributed by atoms with Crippen molar-refractivity contribution in [2.75, 3.05) is 5.73 Å². The summed E-state index contributed by atoms with van der Waals surface area (Å²) in [6.07, 6.45) is 0. The number of rotatable bonds is 4. The lowest BCUT2D eigenvalue weighted by atomic mass is 10.3. The first-order valence-electron chi connectivity index (χ1n) is 5.12. The maximum Gasteiger partial charge on any atom is 0.241 e. The van der Waals surface area contributed by atoms with Gasteiger partial charge in [0.15, 0.2) is 5.82 Å². The summed E-state index contributed by atoms with van der Waals surface area (Å²) >= 11 is 0. The number of nitrogens with one attached hydrogen (secondary N) is 1. The molecule has 0 bridgehead atoms. The summed E-state index contributed by atoms with van der Waals surface area (Å²) in [5.41, 5.74) is 5.91. The zero-order chi connectivity index (χ0) is 13.2. The van der Waals surface area contributed by atoms with E-state index in [1.807, 2.05) is 0 Å². The van der Waals surface area contributed by atoms with Crippen molar-refractivity contribution in [1.29, 1.82) is 0 Å². The Balaban J connectivity index is 2.13. The van der Waals surface area contributed by atoms with Crippen LogP contribution in [0.2, 0.25) is 0 Å². The first-order valence-corrected chi connectivity index (χ1v) is 6.60. The highest BCUT2D eigenvalue weighted by atomic mass is 32.2. The molecule has 0 aliphatic rings. The van der Waals surface area contributed by atoms with Gasteiger partial charge in [-0.25, -0.2) is 13.1 Å². The first kappa shape index (κ1) is 12.5. The van der Waals surface area contributed by atoms with Gasteiger partial charge in [-0.15, -0.1) is 0 Å². The molecular weight excluding hydrogens is 256 g/mol. The van der Waals surface area contributed by atoms with Crippen LogP contribution >= 0.6 is 0 Å². The topological polar surface area (TPSA) is 111 Å². The number of anilines is 1. The molecule has 0 unspecified atom stereocenters. The highest BCUT2D eigenvalue weighted by Gasteiger charge is 2.15. The SMILES string of the molecule is Cc1noc(CNS(=O)(=O)c2cccc(N)c2)n1. The maximum atomic E-state index is 11.9. The normalized spacial score (nSPS) is 11.6. The fourth-order valence-corrected chi connectivity index (χ4v) is 2.36.